The molecule has 5 nitrogen and oxygen atoms in total. The molecule has 0 bridgehead atoms. The van der Waals surface area contributed by atoms with Gasteiger partial charge in [0.05, 0.1) is 19.7 Å². The molecule has 0 heterocycles. The lowest BCUT2D eigenvalue weighted by molar-refractivity contribution is -0.122. The molecule has 2 aromatic carbocycles. The summed E-state index contributed by atoms with van der Waals surface area (Å²) >= 11 is 0. The molecular formula is C20H25FN2O3. The standard InChI is InChI=1S/C20H25FN2O3/c1-15(18-9-4-5-10-19(18)25-3)22-20(24)14-23(2)11-12-26-17-8-6-7-16(21)13-17/h4-10,13,15H,11-12,14H2,1-3H3,(H,22,24). The summed E-state index contributed by atoms with van der Waals surface area (Å²) in [6.07, 6.45) is 0. The molecule has 1 amide bonds. The third-order valence-corrected chi connectivity index (χ3v) is 3.93. The zero-order chi connectivity index (χ0) is 18.9. The first-order chi connectivity index (χ1) is 12.5. The lowest BCUT2D eigenvalue weighted by Crippen LogP contribution is -2.38. The fourth-order valence-corrected chi connectivity index (χ4v) is 2.59. The van der Waals surface area contributed by atoms with Crippen molar-refractivity contribution in [2.45, 2.75) is 13.0 Å². The fourth-order valence-electron chi connectivity index (χ4n) is 2.59. The van der Waals surface area contributed by atoms with Crippen molar-refractivity contribution in [2.24, 2.45) is 0 Å². The van der Waals surface area contributed by atoms with E-state index in [2.05, 4.69) is 5.32 Å². The van der Waals surface area contributed by atoms with Gasteiger partial charge in [-0.15, -0.1) is 0 Å². The number of hydrogen-bond acceptors (Lipinski definition) is 4. The topological polar surface area (TPSA) is 50.8 Å². The minimum absolute atomic E-state index is 0.0864. The number of carbonyl (C=O) groups is 1. The van der Waals surface area contributed by atoms with Gasteiger partial charge < -0.3 is 14.8 Å². The summed E-state index contributed by atoms with van der Waals surface area (Å²) in [6, 6.07) is 13.4. The first-order valence-electron chi connectivity index (χ1n) is 8.48. The number of halogens is 1. The summed E-state index contributed by atoms with van der Waals surface area (Å²) in [5.41, 5.74) is 0.931. The van der Waals surface area contributed by atoms with Gasteiger partial charge in [-0.25, -0.2) is 4.39 Å². The van der Waals surface area contributed by atoms with Crippen LogP contribution in [0.5, 0.6) is 11.5 Å². The van der Waals surface area contributed by atoms with Gasteiger partial charge in [-0.05, 0) is 32.2 Å². The minimum Gasteiger partial charge on any atom is -0.496 e. The van der Waals surface area contributed by atoms with Gasteiger partial charge in [0.1, 0.15) is 23.9 Å². The van der Waals surface area contributed by atoms with E-state index >= 15 is 0 Å². The molecule has 0 spiro atoms. The summed E-state index contributed by atoms with van der Waals surface area (Å²) in [5.74, 6) is 0.807. The Kier molecular flexibility index (Phi) is 7.41. The van der Waals surface area contributed by atoms with Crippen molar-refractivity contribution in [3.8, 4) is 11.5 Å². The number of nitrogens with one attached hydrogen (secondary N) is 1. The average Bonchev–Trinajstić information content (AvgIpc) is 2.61. The summed E-state index contributed by atoms with van der Waals surface area (Å²) in [6.45, 7) is 3.08. The molecule has 0 saturated carbocycles. The van der Waals surface area contributed by atoms with Crippen molar-refractivity contribution < 1.29 is 18.7 Å². The maximum Gasteiger partial charge on any atom is 0.234 e. The Hall–Kier alpha value is -2.60. The van der Waals surface area contributed by atoms with E-state index in [1.54, 1.807) is 19.2 Å². The van der Waals surface area contributed by atoms with Gasteiger partial charge in [0.15, 0.2) is 0 Å². The van der Waals surface area contributed by atoms with Gasteiger partial charge in [0.25, 0.3) is 0 Å². The largest absolute Gasteiger partial charge is 0.496 e. The van der Waals surface area contributed by atoms with Crippen molar-refractivity contribution in [1.82, 2.24) is 10.2 Å². The molecule has 0 saturated heterocycles. The molecule has 140 valence electrons. The van der Waals surface area contributed by atoms with Crippen molar-refractivity contribution >= 4 is 5.91 Å². The van der Waals surface area contributed by atoms with Gasteiger partial charge in [-0.1, -0.05) is 24.3 Å². The van der Waals surface area contributed by atoms with Crippen molar-refractivity contribution in [3.05, 3.63) is 59.9 Å². The van der Waals surface area contributed by atoms with E-state index in [4.69, 9.17) is 9.47 Å². The number of nitrogens with zero attached hydrogens (tertiary/aromatic N) is 1. The van der Waals surface area contributed by atoms with Gasteiger partial charge in [-0.2, -0.15) is 0 Å². The number of rotatable bonds is 9. The predicted molar refractivity (Wildman–Crippen MR) is 98.9 cm³/mol. The smallest absolute Gasteiger partial charge is 0.234 e. The van der Waals surface area contributed by atoms with E-state index in [-0.39, 0.29) is 24.3 Å². The molecule has 0 radical (unpaired) electrons. The number of methoxy groups -OCH3 is 1. The third-order valence-electron chi connectivity index (χ3n) is 3.93. The maximum absolute atomic E-state index is 13.1. The van der Waals surface area contributed by atoms with E-state index in [0.717, 1.165) is 11.3 Å². The van der Waals surface area contributed by atoms with Gasteiger partial charge in [-0.3, -0.25) is 9.69 Å². The van der Waals surface area contributed by atoms with Crippen molar-refractivity contribution in [3.63, 3.8) is 0 Å². The number of ether oxygens (including phenoxy) is 2. The molecule has 1 unspecified atom stereocenters. The summed E-state index contributed by atoms with van der Waals surface area (Å²) in [5, 5.41) is 2.97. The van der Waals surface area contributed by atoms with Crippen LogP contribution in [0, 0.1) is 5.82 Å². The molecular weight excluding hydrogens is 335 g/mol. The summed E-state index contributed by atoms with van der Waals surface area (Å²) in [4.78, 5) is 14.1. The first-order valence-corrected chi connectivity index (χ1v) is 8.48. The molecule has 1 N–H and O–H groups in total. The van der Waals surface area contributed by atoms with Crippen molar-refractivity contribution in [1.29, 1.82) is 0 Å². The molecule has 2 aromatic rings. The molecule has 6 heteroatoms. The maximum atomic E-state index is 13.1. The number of para-hydroxylation sites is 1. The monoisotopic (exact) mass is 360 g/mol. The van der Waals surface area contributed by atoms with E-state index < -0.39 is 0 Å². The van der Waals surface area contributed by atoms with Crippen LogP contribution in [0.2, 0.25) is 0 Å². The Morgan fingerprint density at radius 1 is 1.23 bits per heavy atom. The first kappa shape index (κ1) is 19.7. The lowest BCUT2D eigenvalue weighted by atomic mass is 10.1. The quantitative estimate of drug-likeness (QED) is 0.747. The van der Waals surface area contributed by atoms with Crippen molar-refractivity contribution in [2.75, 3.05) is 33.9 Å². The Morgan fingerprint density at radius 2 is 2.00 bits per heavy atom. The third kappa shape index (κ3) is 6.04. The highest BCUT2D eigenvalue weighted by molar-refractivity contribution is 5.78. The number of benzene rings is 2. The summed E-state index contributed by atoms with van der Waals surface area (Å²) < 4.78 is 23.9. The van der Waals surface area contributed by atoms with Crippen LogP contribution in [-0.4, -0.2) is 44.7 Å². The van der Waals surface area contributed by atoms with Crippen LogP contribution < -0.4 is 14.8 Å². The molecule has 26 heavy (non-hydrogen) atoms. The van der Waals surface area contributed by atoms with Crippen LogP contribution in [-0.2, 0) is 4.79 Å². The average molecular weight is 360 g/mol. The zero-order valence-electron chi connectivity index (χ0n) is 15.4. The van der Waals surface area contributed by atoms with Crippen LogP contribution in [0.25, 0.3) is 0 Å². The molecule has 0 aliphatic rings. The van der Waals surface area contributed by atoms with Gasteiger partial charge in [0.2, 0.25) is 5.91 Å². The zero-order valence-corrected chi connectivity index (χ0v) is 15.4. The van der Waals surface area contributed by atoms with Crippen LogP contribution in [0.15, 0.2) is 48.5 Å². The van der Waals surface area contributed by atoms with Gasteiger partial charge >= 0.3 is 0 Å². The fraction of sp³-hybridized carbons (Fsp3) is 0.350. The normalized spacial score (nSPS) is 11.9. The van der Waals surface area contributed by atoms with E-state index in [1.807, 2.05) is 43.1 Å². The molecule has 0 aromatic heterocycles. The highest BCUT2D eigenvalue weighted by atomic mass is 19.1. The minimum atomic E-state index is -0.333. The van der Waals surface area contributed by atoms with Gasteiger partial charge in [0, 0.05) is 18.2 Å². The molecule has 0 aliphatic carbocycles. The molecule has 0 aliphatic heterocycles. The number of carbonyl (C=O) groups excluding carboxylic acids is 1. The Balaban J connectivity index is 1.76. The second kappa shape index (κ2) is 9.77. The second-order valence-electron chi connectivity index (χ2n) is 6.07. The summed E-state index contributed by atoms with van der Waals surface area (Å²) in [7, 11) is 3.45. The van der Waals surface area contributed by atoms with E-state index in [0.29, 0.717) is 18.9 Å². The number of likely N-dealkylation sites (N-methyl/N-ethyl adjacent to an activating group) is 1. The Bertz CT molecular complexity index is 724. The van der Waals surface area contributed by atoms with Crippen LogP contribution in [0.4, 0.5) is 4.39 Å². The van der Waals surface area contributed by atoms with Crippen LogP contribution in [0.1, 0.15) is 18.5 Å². The molecule has 1 atom stereocenters. The molecule has 2 rings (SSSR count). The number of hydrogen-bond donors (Lipinski definition) is 1. The highest BCUT2D eigenvalue weighted by Crippen LogP contribution is 2.24. The highest BCUT2D eigenvalue weighted by Gasteiger charge is 2.14. The lowest BCUT2D eigenvalue weighted by Gasteiger charge is -2.20. The molecule has 0 fully saturated rings. The second-order valence-corrected chi connectivity index (χ2v) is 6.07. The van der Waals surface area contributed by atoms with Crippen LogP contribution in [0.3, 0.4) is 0 Å². The SMILES string of the molecule is COc1ccccc1C(C)NC(=O)CN(C)CCOc1cccc(F)c1. The Labute approximate surface area is 153 Å². The van der Waals surface area contributed by atoms with Crippen LogP contribution >= 0.6 is 0 Å². The Morgan fingerprint density at radius 3 is 2.73 bits per heavy atom. The van der Waals surface area contributed by atoms with E-state index in [9.17, 15) is 9.18 Å². The predicted octanol–water partition coefficient (Wildman–Crippen LogP) is 3.02. The van der Waals surface area contributed by atoms with E-state index in [1.165, 1.54) is 12.1 Å². The number of amides is 1.